The summed E-state index contributed by atoms with van der Waals surface area (Å²) in [5.41, 5.74) is 3.76. The van der Waals surface area contributed by atoms with Crippen LogP contribution in [0.2, 0.25) is 0 Å². The fourth-order valence-corrected chi connectivity index (χ4v) is 5.51. The van der Waals surface area contributed by atoms with E-state index in [1.807, 2.05) is 13.0 Å². The molecule has 0 radical (unpaired) electrons. The molecule has 0 saturated carbocycles. The normalized spacial score (nSPS) is 14.7. The third-order valence-electron chi connectivity index (χ3n) is 5.05. The molecule has 1 aliphatic rings. The Morgan fingerprint density at radius 3 is 2.71 bits per heavy atom. The molecule has 164 valence electrons. The standard InChI is InChI=1S/C21H24N4O4S2/c1-5-16-13(2)30-19-17(23-21(24-18(16)19)25-6-8-29-9-7-25)14-10-15(12-31(4,26)27)20(28-3)22-11-14/h5,10-11H,1,6-9,12H2,2-4H3. The summed E-state index contributed by atoms with van der Waals surface area (Å²) in [5, 5.41) is 0. The van der Waals surface area contributed by atoms with E-state index in [-0.39, 0.29) is 5.75 Å². The second kappa shape index (κ2) is 8.52. The maximum atomic E-state index is 11.9. The number of hydrogen-bond acceptors (Lipinski definition) is 9. The minimum Gasteiger partial charge on any atom is -0.481 e. The number of anilines is 1. The van der Waals surface area contributed by atoms with Crippen LogP contribution in [0.5, 0.6) is 5.88 Å². The zero-order valence-electron chi connectivity index (χ0n) is 17.7. The maximum absolute atomic E-state index is 11.9. The fraction of sp³-hybridized carbons (Fsp3) is 0.381. The SMILES string of the molecule is C=Cc1c(C)sc2c(-c3cnc(OC)c(CS(C)(=O)=O)c3)nc(N3CCOCC3)nc12. The molecule has 1 aliphatic heterocycles. The van der Waals surface area contributed by atoms with Gasteiger partial charge in [0.25, 0.3) is 0 Å². The van der Waals surface area contributed by atoms with Crippen molar-refractivity contribution in [3.05, 3.63) is 34.8 Å². The van der Waals surface area contributed by atoms with Gasteiger partial charge in [-0.1, -0.05) is 12.7 Å². The van der Waals surface area contributed by atoms with Crippen LogP contribution in [-0.2, 0) is 20.3 Å². The van der Waals surface area contributed by atoms with Crippen LogP contribution in [-0.4, -0.2) is 63.0 Å². The van der Waals surface area contributed by atoms with Crippen molar-refractivity contribution >= 4 is 43.4 Å². The average Bonchev–Trinajstić information content (AvgIpc) is 3.07. The summed E-state index contributed by atoms with van der Waals surface area (Å²) in [7, 11) is -1.79. The van der Waals surface area contributed by atoms with Crippen LogP contribution < -0.4 is 9.64 Å². The van der Waals surface area contributed by atoms with Crippen molar-refractivity contribution in [3.8, 4) is 17.1 Å². The summed E-state index contributed by atoms with van der Waals surface area (Å²) < 4.78 is 35.6. The Kier molecular flexibility index (Phi) is 5.96. The quantitative estimate of drug-likeness (QED) is 0.554. The highest BCUT2D eigenvalue weighted by molar-refractivity contribution is 7.89. The first-order valence-electron chi connectivity index (χ1n) is 9.78. The number of hydrogen-bond donors (Lipinski definition) is 0. The van der Waals surface area contributed by atoms with Gasteiger partial charge in [-0.05, 0) is 13.0 Å². The van der Waals surface area contributed by atoms with Gasteiger partial charge in [-0.2, -0.15) is 0 Å². The number of aryl methyl sites for hydroxylation is 1. The van der Waals surface area contributed by atoms with Crippen LogP contribution in [0.1, 0.15) is 16.0 Å². The zero-order chi connectivity index (χ0) is 22.2. The molecule has 3 aromatic heterocycles. The molecule has 0 N–H and O–H groups in total. The first kappa shape index (κ1) is 21.7. The Morgan fingerprint density at radius 1 is 1.32 bits per heavy atom. The minimum absolute atomic E-state index is 0.164. The lowest BCUT2D eigenvalue weighted by molar-refractivity contribution is 0.122. The summed E-state index contributed by atoms with van der Waals surface area (Å²) in [4.78, 5) is 17.3. The van der Waals surface area contributed by atoms with Crippen molar-refractivity contribution in [1.82, 2.24) is 15.0 Å². The second-order valence-electron chi connectivity index (χ2n) is 7.39. The molecule has 1 fully saturated rings. The lowest BCUT2D eigenvalue weighted by Gasteiger charge is -2.27. The summed E-state index contributed by atoms with van der Waals surface area (Å²) in [6.45, 7) is 8.64. The Bertz CT molecular complexity index is 1250. The van der Waals surface area contributed by atoms with Gasteiger partial charge in [0.05, 0.1) is 42.0 Å². The highest BCUT2D eigenvalue weighted by Crippen LogP contribution is 2.38. The monoisotopic (exact) mass is 460 g/mol. The molecule has 0 aromatic carbocycles. The summed E-state index contributed by atoms with van der Waals surface area (Å²) in [6, 6.07) is 1.79. The summed E-state index contributed by atoms with van der Waals surface area (Å²) in [5.74, 6) is 0.748. The van der Waals surface area contributed by atoms with E-state index in [9.17, 15) is 8.42 Å². The zero-order valence-corrected chi connectivity index (χ0v) is 19.3. The summed E-state index contributed by atoms with van der Waals surface area (Å²) >= 11 is 1.59. The van der Waals surface area contributed by atoms with Crippen molar-refractivity contribution < 1.29 is 17.9 Å². The van der Waals surface area contributed by atoms with Crippen LogP contribution in [0.4, 0.5) is 5.95 Å². The molecule has 0 atom stereocenters. The Labute approximate surface area is 185 Å². The van der Waals surface area contributed by atoms with E-state index in [0.717, 1.165) is 31.9 Å². The van der Waals surface area contributed by atoms with Crippen LogP contribution in [0.15, 0.2) is 18.8 Å². The number of morpholine rings is 1. The van der Waals surface area contributed by atoms with Crippen molar-refractivity contribution in [1.29, 1.82) is 0 Å². The van der Waals surface area contributed by atoms with E-state index in [0.29, 0.717) is 43.7 Å². The Hall–Kier alpha value is -2.56. The number of sulfone groups is 1. The number of fused-ring (bicyclic) bond motifs is 1. The minimum atomic E-state index is -3.27. The first-order valence-corrected chi connectivity index (χ1v) is 12.7. The number of thiophene rings is 1. The van der Waals surface area contributed by atoms with Gasteiger partial charge in [-0.3, -0.25) is 0 Å². The van der Waals surface area contributed by atoms with Gasteiger partial charge in [-0.15, -0.1) is 11.3 Å². The molecular formula is C21H24N4O4S2. The molecule has 3 aromatic rings. The van der Waals surface area contributed by atoms with Gasteiger partial charge < -0.3 is 14.4 Å². The molecule has 4 heterocycles. The van der Waals surface area contributed by atoms with E-state index in [2.05, 4.69) is 16.5 Å². The van der Waals surface area contributed by atoms with E-state index >= 15 is 0 Å². The molecular weight excluding hydrogens is 436 g/mol. The lowest BCUT2D eigenvalue weighted by atomic mass is 10.1. The molecule has 0 aliphatic carbocycles. The van der Waals surface area contributed by atoms with Gasteiger partial charge >= 0.3 is 0 Å². The average molecular weight is 461 g/mol. The van der Waals surface area contributed by atoms with Crippen molar-refractivity contribution in [2.24, 2.45) is 0 Å². The van der Waals surface area contributed by atoms with Gasteiger partial charge in [0.1, 0.15) is 0 Å². The predicted molar refractivity (Wildman–Crippen MR) is 124 cm³/mol. The smallest absolute Gasteiger partial charge is 0.226 e. The fourth-order valence-electron chi connectivity index (χ4n) is 3.63. The molecule has 0 spiro atoms. The third kappa shape index (κ3) is 4.41. The van der Waals surface area contributed by atoms with Crippen molar-refractivity contribution in [2.45, 2.75) is 12.7 Å². The number of aromatic nitrogens is 3. The Balaban J connectivity index is 1.93. The second-order valence-corrected chi connectivity index (χ2v) is 10.8. The van der Waals surface area contributed by atoms with E-state index in [1.54, 1.807) is 23.6 Å². The van der Waals surface area contributed by atoms with Crippen LogP contribution in [0.3, 0.4) is 0 Å². The molecule has 1 saturated heterocycles. The molecule has 0 bridgehead atoms. The molecule has 0 amide bonds. The van der Waals surface area contributed by atoms with Gasteiger partial charge in [-0.25, -0.2) is 23.4 Å². The van der Waals surface area contributed by atoms with Crippen LogP contribution in [0, 0.1) is 6.92 Å². The predicted octanol–water partition coefficient (Wildman–Crippen LogP) is 3.09. The van der Waals surface area contributed by atoms with Crippen molar-refractivity contribution in [3.63, 3.8) is 0 Å². The molecule has 0 unspecified atom stereocenters. The van der Waals surface area contributed by atoms with Crippen LogP contribution >= 0.6 is 11.3 Å². The maximum Gasteiger partial charge on any atom is 0.226 e. The highest BCUT2D eigenvalue weighted by Gasteiger charge is 2.22. The van der Waals surface area contributed by atoms with E-state index in [4.69, 9.17) is 19.4 Å². The highest BCUT2D eigenvalue weighted by atomic mass is 32.2. The molecule has 4 rings (SSSR count). The molecule has 31 heavy (non-hydrogen) atoms. The summed E-state index contributed by atoms with van der Waals surface area (Å²) in [6.07, 6.45) is 4.67. The first-order chi connectivity index (χ1) is 14.8. The molecule has 10 heteroatoms. The third-order valence-corrected chi connectivity index (χ3v) is 7.00. The van der Waals surface area contributed by atoms with E-state index < -0.39 is 9.84 Å². The number of methoxy groups -OCH3 is 1. The van der Waals surface area contributed by atoms with E-state index in [1.165, 1.54) is 13.4 Å². The van der Waals surface area contributed by atoms with Crippen LogP contribution in [0.25, 0.3) is 27.6 Å². The molecule has 8 nitrogen and oxygen atoms in total. The Morgan fingerprint density at radius 2 is 2.06 bits per heavy atom. The van der Waals surface area contributed by atoms with Crippen molar-refractivity contribution in [2.75, 3.05) is 44.6 Å². The van der Waals surface area contributed by atoms with Gasteiger partial charge in [0.15, 0.2) is 9.84 Å². The topological polar surface area (TPSA) is 94.5 Å². The largest absolute Gasteiger partial charge is 0.481 e. The lowest BCUT2D eigenvalue weighted by Crippen LogP contribution is -2.37. The number of ether oxygens (including phenoxy) is 2. The number of nitrogens with zero attached hydrogens (tertiary/aromatic N) is 4. The van der Waals surface area contributed by atoms with Gasteiger partial charge in [0, 0.05) is 47.1 Å². The number of rotatable bonds is 6. The number of pyridine rings is 1. The van der Waals surface area contributed by atoms with Gasteiger partial charge in [0.2, 0.25) is 11.8 Å².